The van der Waals surface area contributed by atoms with Crippen molar-refractivity contribution < 1.29 is 9.53 Å². The molecule has 0 bridgehead atoms. The maximum Gasteiger partial charge on any atom is 0.410 e. The van der Waals surface area contributed by atoms with E-state index in [2.05, 4.69) is 0 Å². The molecule has 0 saturated carbocycles. The van der Waals surface area contributed by atoms with Crippen molar-refractivity contribution in [2.45, 2.75) is 19.9 Å². The second kappa shape index (κ2) is 4.92. The molecule has 0 heterocycles. The van der Waals surface area contributed by atoms with Crippen molar-refractivity contribution >= 4 is 23.3 Å². The van der Waals surface area contributed by atoms with Crippen molar-refractivity contribution in [3.05, 3.63) is 0 Å². The Labute approximate surface area is 77.7 Å². The van der Waals surface area contributed by atoms with E-state index in [0.29, 0.717) is 6.61 Å². The Kier molecular flexibility index (Phi) is 4.58. The van der Waals surface area contributed by atoms with Gasteiger partial charge < -0.3 is 15.4 Å². The van der Waals surface area contributed by atoms with E-state index in [4.69, 9.17) is 22.7 Å². The molecule has 0 saturated heterocycles. The van der Waals surface area contributed by atoms with Crippen LogP contribution in [-0.4, -0.2) is 35.7 Å². The van der Waals surface area contributed by atoms with Crippen LogP contribution >= 0.6 is 12.2 Å². The molecule has 70 valence electrons. The van der Waals surface area contributed by atoms with Gasteiger partial charge >= 0.3 is 6.09 Å². The smallest absolute Gasteiger partial charge is 0.410 e. The molecule has 0 aliphatic carbocycles. The molecule has 0 spiro atoms. The zero-order chi connectivity index (χ0) is 9.72. The molecule has 1 unspecified atom stereocenters. The molecular weight excluding hydrogens is 176 g/mol. The van der Waals surface area contributed by atoms with Crippen LogP contribution in [0.4, 0.5) is 4.79 Å². The van der Waals surface area contributed by atoms with Crippen LogP contribution in [0.5, 0.6) is 0 Å². The Bertz CT molecular complexity index is 184. The lowest BCUT2D eigenvalue weighted by Gasteiger charge is -2.22. The van der Waals surface area contributed by atoms with Crippen LogP contribution < -0.4 is 5.73 Å². The number of rotatable bonds is 3. The van der Waals surface area contributed by atoms with Crippen LogP contribution in [0.15, 0.2) is 0 Å². The van der Waals surface area contributed by atoms with Gasteiger partial charge in [-0.1, -0.05) is 12.2 Å². The maximum absolute atomic E-state index is 11.1. The highest BCUT2D eigenvalue weighted by Gasteiger charge is 2.17. The molecule has 0 aliphatic heterocycles. The van der Waals surface area contributed by atoms with Crippen molar-refractivity contribution in [2.75, 3.05) is 13.7 Å². The number of carbonyl (C=O) groups excluding carboxylic acids is 1. The van der Waals surface area contributed by atoms with Gasteiger partial charge in [0, 0.05) is 7.05 Å². The van der Waals surface area contributed by atoms with Gasteiger partial charge in [0.25, 0.3) is 0 Å². The summed E-state index contributed by atoms with van der Waals surface area (Å²) < 4.78 is 4.75. The molecule has 1 atom stereocenters. The van der Waals surface area contributed by atoms with Crippen LogP contribution in [0.1, 0.15) is 13.8 Å². The van der Waals surface area contributed by atoms with E-state index in [1.807, 2.05) is 0 Å². The molecule has 12 heavy (non-hydrogen) atoms. The van der Waals surface area contributed by atoms with Crippen molar-refractivity contribution in [1.82, 2.24) is 4.90 Å². The number of nitrogens with two attached hydrogens (primary N) is 1. The number of hydrogen-bond donors (Lipinski definition) is 1. The van der Waals surface area contributed by atoms with Crippen LogP contribution in [0.25, 0.3) is 0 Å². The first-order chi connectivity index (χ1) is 5.50. The SMILES string of the molecule is CCOC(=O)N(C)C(C)C(N)=S. The lowest BCUT2D eigenvalue weighted by Crippen LogP contribution is -2.42. The highest BCUT2D eigenvalue weighted by Crippen LogP contribution is 1.98. The summed E-state index contributed by atoms with van der Waals surface area (Å²) in [6.45, 7) is 3.85. The summed E-state index contributed by atoms with van der Waals surface area (Å²) in [6, 6.07) is -0.265. The van der Waals surface area contributed by atoms with Crippen LogP contribution in [0, 0.1) is 0 Å². The van der Waals surface area contributed by atoms with E-state index in [-0.39, 0.29) is 11.0 Å². The second-order valence-electron chi connectivity index (χ2n) is 2.39. The Hall–Kier alpha value is -0.840. The third kappa shape index (κ3) is 3.04. The molecule has 0 radical (unpaired) electrons. The standard InChI is InChI=1S/C7H14N2O2S/c1-4-11-7(10)9(3)5(2)6(8)12/h5H,4H2,1-3H3,(H2,8,12). The molecule has 0 rings (SSSR count). The van der Waals surface area contributed by atoms with Gasteiger partial charge in [-0.15, -0.1) is 0 Å². The normalized spacial score (nSPS) is 11.9. The molecule has 0 fully saturated rings. The van der Waals surface area contributed by atoms with E-state index >= 15 is 0 Å². The van der Waals surface area contributed by atoms with Crippen LogP contribution in [0.3, 0.4) is 0 Å². The number of nitrogens with zero attached hydrogens (tertiary/aromatic N) is 1. The Morgan fingerprint density at radius 2 is 2.25 bits per heavy atom. The average Bonchev–Trinajstić information content (AvgIpc) is 2.02. The molecule has 0 aromatic heterocycles. The third-order valence-corrected chi connectivity index (χ3v) is 1.89. The summed E-state index contributed by atoms with van der Waals surface area (Å²) in [7, 11) is 1.60. The van der Waals surface area contributed by atoms with Crippen molar-refractivity contribution in [3.63, 3.8) is 0 Å². The molecule has 2 N–H and O–H groups in total. The van der Waals surface area contributed by atoms with Crippen molar-refractivity contribution in [3.8, 4) is 0 Å². The lowest BCUT2D eigenvalue weighted by atomic mass is 10.3. The summed E-state index contributed by atoms with van der Waals surface area (Å²) >= 11 is 4.73. The van der Waals surface area contributed by atoms with E-state index in [0.717, 1.165) is 0 Å². The molecule has 1 amide bonds. The summed E-state index contributed by atoms with van der Waals surface area (Å²) in [6.07, 6.45) is -0.405. The quantitative estimate of drug-likeness (QED) is 0.667. The number of ether oxygens (including phenoxy) is 1. The molecular formula is C7H14N2O2S. The van der Waals surface area contributed by atoms with Gasteiger partial charge in [-0.25, -0.2) is 4.79 Å². The summed E-state index contributed by atoms with van der Waals surface area (Å²) in [4.78, 5) is 12.7. The average molecular weight is 190 g/mol. The van der Waals surface area contributed by atoms with E-state index in [1.165, 1.54) is 4.90 Å². The fourth-order valence-corrected chi connectivity index (χ4v) is 0.732. The fraction of sp³-hybridized carbons (Fsp3) is 0.714. The predicted octanol–water partition coefficient (Wildman–Crippen LogP) is 0.749. The topological polar surface area (TPSA) is 55.6 Å². The van der Waals surface area contributed by atoms with Gasteiger partial charge in [-0.2, -0.15) is 0 Å². The molecule has 4 nitrogen and oxygen atoms in total. The fourth-order valence-electron chi connectivity index (χ4n) is 0.574. The highest BCUT2D eigenvalue weighted by molar-refractivity contribution is 7.80. The van der Waals surface area contributed by atoms with E-state index in [1.54, 1.807) is 20.9 Å². The minimum atomic E-state index is -0.405. The van der Waals surface area contributed by atoms with Gasteiger partial charge in [0.15, 0.2) is 0 Å². The number of thiocarbonyl (C=S) groups is 1. The minimum Gasteiger partial charge on any atom is -0.450 e. The Morgan fingerprint density at radius 3 is 2.58 bits per heavy atom. The summed E-state index contributed by atoms with van der Waals surface area (Å²) in [5.74, 6) is 0. The van der Waals surface area contributed by atoms with Gasteiger partial charge in [0.05, 0.1) is 17.6 Å². The van der Waals surface area contributed by atoms with Gasteiger partial charge in [0.1, 0.15) is 0 Å². The molecule has 5 heteroatoms. The van der Waals surface area contributed by atoms with E-state index < -0.39 is 6.09 Å². The van der Waals surface area contributed by atoms with Crippen LogP contribution in [0.2, 0.25) is 0 Å². The monoisotopic (exact) mass is 190 g/mol. The zero-order valence-corrected chi connectivity index (χ0v) is 8.35. The third-order valence-electron chi connectivity index (χ3n) is 1.55. The Morgan fingerprint density at radius 1 is 1.75 bits per heavy atom. The first-order valence-electron chi connectivity index (χ1n) is 3.69. The molecule has 0 aromatic carbocycles. The zero-order valence-electron chi connectivity index (χ0n) is 7.53. The van der Waals surface area contributed by atoms with Crippen LogP contribution in [-0.2, 0) is 4.74 Å². The van der Waals surface area contributed by atoms with Gasteiger partial charge in [-0.05, 0) is 13.8 Å². The first kappa shape index (κ1) is 11.2. The number of hydrogen-bond acceptors (Lipinski definition) is 3. The Balaban J connectivity index is 4.09. The largest absolute Gasteiger partial charge is 0.450 e. The first-order valence-corrected chi connectivity index (χ1v) is 4.10. The predicted molar refractivity (Wildman–Crippen MR) is 51.0 cm³/mol. The maximum atomic E-state index is 11.1. The van der Waals surface area contributed by atoms with Crippen molar-refractivity contribution in [1.29, 1.82) is 0 Å². The summed E-state index contributed by atoms with van der Waals surface area (Å²) in [5, 5.41) is 0. The highest BCUT2D eigenvalue weighted by atomic mass is 32.1. The summed E-state index contributed by atoms with van der Waals surface area (Å²) in [5.41, 5.74) is 5.35. The second-order valence-corrected chi connectivity index (χ2v) is 2.86. The number of likely N-dealkylation sites (N-methyl/N-ethyl adjacent to an activating group) is 1. The lowest BCUT2D eigenvalue weighted by molar-refractivity contribution is 0.112. The van der Waals surface area contributed by atoms with Gasteiger partial charge in [0.2, 0.25) is 0 Å². The number of carbonyl (C=O) groups is 1. The number of amides is 1. The molecule has 0 aliphatic rings. The van der Waals surface area contributed by atoms with Gasteiger partial charge in [-0.3, -0.25) is 0 Å². The molecule has 0 aromatic rings. The van der Waals surface area contributed by atoms with Crippen molar-refractivity contribution in [2.24, 2.45) is 5.73 Å². The minimum absolute atomic E-state index is 0.265. The van der Waals surface area contributed by atoms with E-state index in [9.17, 15) is 4.79 Å².